The summed E-state index contributed by atoms with van der Waals surface area (Å²) in [7, 11) is 1.71. The fourth-order valence-corrected chi connectivity index (χ4v) is 4.01. The molecule has 3 rings (SSSR count). The summed E-state index contributed by atoms with van der Waals surface area (Å²) in [5.41, 5.74) is 1.60. The van der Waals surface area contributed by atoms with Crippen LogP contribution in [-0.4, -0.2) is 54.8 Å². The number of methoxy groups -OCH3 is 1. The van der Waals surface area contributed by atoms with E-state index in [-0.39, 0.29) is 18.0 Å². The molecular formula is C25H37N5O2. The molecule has 2 unspecified atom stereocenters. The second kappa shape index (κ2) is 10.9. The Balaban J connectivity index is 1.77. The summed E-state index contributed by atoms with van der Waals surface area (Å²) < 4.78 is 5.09. The van der Waals surface area contributed by atoms with Crippen molar-refractivity contribution >= 4 is 17.7 Å². The van der Waals surface area contributed by atoms with E-state index in [1.54, 1.807) is 7.11 Å². The summed E-state index contributed by atoms with van der Waals surface area (Å²) in [4.78, 5) is 24.5. The van der Waals surface area contributed by atoms with E-state index in [1.807, 2.05) is 24.9 Å². The standard InChI is InChI=1S/C25H37N5O2/c1-6-18(3)30-22-21(25(4,7-2)23(30)31)17-27-24(29-22)28-20-11-9-8-10-19(12-13-20)16-26-14-15-32-5/h9-13,17-18,20,26H,6-8,14-16H2,1-5H3,(H,27,28,29)/b11-9?,13-12-,19-10+/t18-,20?,25?/m0/s1. The van der Waals surface area contributed by atoms with Crippen molar-refractivity contribution in [2.45, 2.75) is 64.5 Å². The molecule has 1 aliphatic carbocycles. The maximum absolute atomic E-state index is 13.3. The largest absolute Gasteiger partial charge is 0.383 e. The molecule has 2 N–H and O–H groups in total. The SMILES string of the molecule is CC[C@H](C)N1C(=O)C(C)(CC)c2cnc(NC3C=CC/C=C(CNCCOC)\C=C/3)nc21. The van der Waals surface area contributed by atoms with Crippen molar-refractivity contribution in [2.75, 3.05) is 37.0 Å². The minimum atomic E-state index is -0.563. The first-order valence-electron chi connectivity index (χ1n) is 11.7. The molecule has 7 nitrogen and oxygen atoms in total. The molecule has 0 saturated carbocycles. The zero-order valence-electron chi connectivity index (χ0n) is 20.0. The van der Waals surface area contributed by atoms with Gasteiger partial charge < -0.3 is 15.4 Å². The van der Waals surface area contributed by atoms with Gasteiger partial charge in [-0.2, -0.15) is 4.98 Å². The van der Waals surface area contributed by atoms with Gasteiger partial charge in [0.1, 0.15) is 5.82 Å². The zero-order chi connectivity index (χ0) is 23.1. The van der Waals surface area contributed by atoms with Gasteiger partial charge in [0.15, 0.2) is 0 Å². The number of hydrogen-bond acceptors (Lipinski definition) is 6. The Morgan fingerprint density at radius 1 is 1.34 bits per heavy atom. The van der Waals surface area contributed by atoms with Crippen LogP contribution in [-0.2, 0) is 14.9 Å². The highest BCUT2D eigenvalue weighted by molar-refractivity contribution is 6.07. The van der Waals surface area contributed by atoms with Gasteiger partial charge in [-0.15, -0.1) is 0 Å². The molecule has 0 bridgehead atoms. The van der Waals surface area contributed by atoms with Crippen molar-refractivity contribution in [1.29, 1.82) is 0 Å². The zero-order valence-corrected chi connectivity index (χ0v) is 20.0. The van der Waals surface area contributed by atoms with E-state index in [0.717, 1.165) is 43.7 Å². The van der Waals surface area contributed by atoms with Crippen molar-refractivity contribution in [3.8, 4) is 0 Å². The molecule has 2 aliphatic rings. The number of carbonyl (C=O) groups excluding carboxylic acids is 1. The number of carbonyl (C=O) groups is 1. The van der Waals surface area contributed by atoms with Crippen molar-refractivity contribution in [2.24, 2.45) is 0 Å². The Morgan fingerprint density at radius 3 is 2.88 bits per heavy atom. The second-order valence-electron chi connectivity index (χ2n) is 8.69. The van der Waals surface area contributed by atoms with E-state index in [0.29, 0.717) is 12.6 Å². The van der Waals surface area contributed by atoms with Crippen LogP contribution in [0.4, 0.5) is 11.8 Å². The number of anilines is 2. The van der Waals surface area contributed by atoms with Gasteiger partial charge in [-0.05, 0) is 38.7 Å². The lowest BCUT2D eigenvalue weighted by Gasteiger charge is -2.26. The van der Waals surface area contributed by atoms with E-state index < -0.39 is 5.41 Å². The monoisotopic (exact) mass is 439 g/mol. The minimum absolute atomic E-state index is 0.0255. The first-order chi connectivity index (χ1) is 15.4. The molecule has 0 aromatic carbocycles. The topological polar surface area (TPSA) is 79.4 Å². The van der Waals surface area contributed by atoms with Crippen molar-refractivity contribution < 1.29 is 9.53 Å². The van der Waals surface area contributed by atoms with E-state index >= 15 is 0 Å². The minimum Gasteiger partial charge on any atom is -0.383 e. The normalized spacial score (nSPS) is 26.2. The quantitative estimate of drug-likeness (QED) is 0.427. The summed E-state index contributed by atoms with van der Waals surface area (Å²) >= 11 is 0. The van der Waals surface area contributed by atoms with Crippen LogP contribution in [0.5, 0.6) is 0 Å². The lowest BCUT2D eigenvalue weighted by Crippen LogP contribution is -2.42. The van der Waals surface area contributed by atoms with Gasteiger partial charge in [-0.1, -0.05) is 44.2 Å². The second-order valence-corrected chi connectivity index (χ2v) is 8.69. The lowest BCUT2D eigenvalue weighted by atomic mass is 9.83. The van der Waals surface area contributed by atoms with Crippen molar-refractivity contribution in [3.05, 3.63) is 47.7 Å². The summed E-state index contributed by atoms with van der Waals surface area (Å²) in [5, 5.41) is 6.80. The number of hydrogen-bond donors (Lipinski definition) is 2. The van der Waals surface area contributed by atoms with Gasteiger partial charge in [-0.25, -0.2) is 4.98 Å². The van der Waals surface area contributed by atoms with E-state index in [1.165, 1.54) is 5.57 Å². The smallest absolute Gasteiger partial charge is 0.238 e. The van der Waals surface area contributed by atoms with Crippen LogP contribution in [0.2, 0.25) is 0 Å². The van der Waals surface area contributed by atoms with Crippen LogP contribution in [0.15, 0.2) is 42.2 Å². The van der Waals surface area contributed by atoms with Gasteiger partial charge >= 0.3 is 0 Å². The van der Waals surface area contributed by atoms with E-state index in [4.69, 9.17) is 9.72 Å². The Morgan fingerprint density at radius 2 is 2.16 bits per heavy atom. The maximum atomic E-state index is 13.3. The molecular weight excluding hydrogens is 402 g/mol. The van der Waals surface area contributed by atoms with Crippen molar-refractivity contribution in [3.63, 3.8) is 0 Å². The fourth-order valence-electron chi connectivity index (χ4n) is 4.01. The molecule has 0 fully saturated rings. The van der Waals surface area contributed by atoms with Gasteiger partial charge in [0.2, 0.25) is 11.9 Å². The number of amides is 1. The average Bonchev–Trinajstić information content (AvgIpc) is 3.01. The Hall–Kier alpha value is -2.51. The fraction of sp³-hybridized carbons (Fsp3) is 0.560. The van der Waals surface area contributed by atoms with Crippen LogP contribution in [0, 0.1) is 0 Å². The maximum Gasteiger partial charge on any atom is 0.238 e. The first-order valence-corrected chi connectivity index (χ1v) is 11.7. The van der Waals surface area contributed by atoms with Gasteiger partial charge in [0, 0.05) is 38.0 Å². The molecule has 0 radical (unpaired) electrons. The molecule has 174 valence electrons. The third-order valence-corrected chi connectivity index (χ3v) is 6.51. The molecule has 0 spiro atoms. The summed E-state index contributed by atoms with van der Waals surface area (Å²) in [6, 6.07) is 0.0688. The molecule has 3 atom stereocenters. The van der Waals surface area contributed by atoms with Gasteiger partial charge in [-0.3, -0.25) is 9.69 Å². The Bertz CT molecular complexity index is 894. The van der Waals surface area contributed by atoms with Gasteiger partial charge in [0.05, 0.1) is 18.1 Å². The molecule has 1 aromatic rings. The highest BCUT2D eigenvalue weighted by Gasteiger charge is 2.48. The molecule has 1 amide bonds. The summed E-state index contributed by atoms with van der Waals surface area (Å²) in [5.74, 6) is 1.40. The predicted octanol–water partition coefficient (Wildman–Crippen LogP) is 3.75. The first kappa shape index (κ1) is 24.1. The van der Waals surface area contributed by atoms with Crippen LogP contribution >= 0.6 is 0 Å². The van der Waals surface area contributed by atoms with E-state index in [2.05, 4.69) is 59.8 Å². The number of fused-ring (bicyclic) bond motifs is 1. The predicted molar refractivity (Wildman–Crippen MR) is 130 cm³/mol. The molecule has 1 aromatic heterocycles. The van der Waals surface area contributed by atoms with Crippen LogP contribution in [0.1, 0.15) is 52.5 Å². The average molecular weight is 440 g/mol. The van der Waals surface area contributed by atoms with Crippen LogP contribution in [0.3, 0.4) is 0 Å². The molecule has 32 heavy (non-hydrogen) atoms. The third-order valence-electron chi connectivity index (χ3n) is 6.51. The van der Waals surface area contributed by atoms with Crippen LogP contribution in [0.25, 0.3) is 0 Å². The molecule has 0 saturated heterocycles. The third kappa shape index (κ3) is 5.10. The number of rotatable bonds is 10. The Labute approximate surface area is 192 Å². The number of nitrogens with zero attached hydrogens (tertiary/aromatic N) is 3. The molecule has 1 aliphatic heterocycles. The van der Waals surface area contributed by atoms with Crippen molar-refractivity contribution in [1.82, 2.24) is 15.3 Å². The summed E-state index contributed by atoms with van der Waals surface area (Å²) in [6.45, 7) is 10.5. The summed E-state index contributed by atoms with van der Waals surface area (Å²) in [6.07, 6.45) is 15.0. The number of ether oxygens (including phenoxy) is 1. The van der Waals surface area contributed by atoms with Crippen LogP contribution < -0.4 is 15.5 Å². The Kier molecular flexibility index (Phi) is 8.21. The molecule has 7 heteroatoms. The number of allylic oxidation sites excluding steroid dienone is 2. The van der Waals surface area contributed by atoms with Gasteiger partial charge in [0.25, 0.3) is 0 Å². The number of aromatic nitrogens is 2. The highest BCUT2D eigenvalue weighted by atomic mass is 16.5. The van der Waals surface area contributed by atoms with E-state index in [9.17, 15) is 4.79 Å². The molecule has 2 heterocycles. The number of nitrogens with one attached hydrogen (secondary N) is 2. The highest BCUT2D eigenvalue weighted by Crippen LogP contribution is 2.44. The lowest BCUT2D eigenvalue weighted by molar-refractivity contribution is -0.123.